The minimum atomic E-state index is 0.301. The summed E-state index contributed by atoms with van der Waals surface area (Å²) in [6.45, 7) is 2.50. The van der Waals surface area contributed by atoms with E-state index in [0.717, 1.165) is 13.0 Å². The van der Waals surface area contributed by atoms with Crippen molar-refractivity contribution < 1.29 is 5.11 Å². The Morgan fingerprint density at radius 3 is 2.94 bits per heavy atom. The van der Waals surface area contributed by atoms with Crippen LogP contribution in [0.15, 0.2) is 24.3 Å². The summed E-state index contributed by atoms with van der Waals surface area (Å²) in [7, 11) is 0. The molecule has 3 heteroatoms. The number of aliphatic hydroxyl groups is 1. The lowest BCUT2D eigenvalue weighted by Crippen LogP contribution is -2.25. The molecule has 2 nitrogen and oxygen atoms in total. The van der Waals surface area contributed by atoms with E-state index in [4.69, 9.17) is 5.11 Å². The van der Waals surface area contributed by atoms with Gasteiger partial charge in [-0.3, -0.25) is 4.90 Å². The van der Waals surface area contributed by atoms with Gasteiger partial charge in [0, 0.05) is 22.8 Å². The monoisotopic (exact) mass is 331 g/mol. The van der Waals surface area contributed by atoms with Gasteiger partial charge in [0.15, 0.2) is 0 Å². The SMILES string of the molecule is OCCCN1CCC[C@H]1c1ccccc1I. The van der Waals surface area contributed by atoms with Gasteiger partial charge in [-0.25, -0.2) is 0 Å². The number of rotatable bonds is 4. The summed E-state index contributed by atoms with van der Waals surface area (Å²) >= 11 is 2.42. The highest BCUT2D eigenvalue weighted by atomic mass is 127. The van der Waals surface area contributed by atoms with E-state index in [1.807, 2.05) is 0 Å². The Balaban J connectivity index is 2.10. The second-order valence-electron chi connectivity index (χ2n) is 4.29. The Hall–Kier alpha value is -0.130. The number of aliphatic hydroxyl groups excluding tert-OH is 1. The van der Waals surface area contributed by atoms with Crippen molar-refractivity contribution >= 4 is 22.6 Å². The zero-order valence-electron chi connectivity index (χ0n) is 9.40. The molecule has 1 saturated heterocycles. The zero-order valence-corrected chi connectivity index (χ0v) is 11.6. The molecule has 0 bridgehead atoms. The number of hydrogen-bond acceptors (Lipinski definition) is 2. The molecule has 1 N–H and O–H groups in total. The average molecular weight is 331 g/mol. The summed E-state index contributed by atoms with van der Waals surface area (Å²) in [5, 5.41) is 8.91. The molecule has 0 spiro atoms. The third-order valence-corrected chi connectivity index (χ3v) is 4.21. The number of nitrogens with zero attached hydrogens (tertiary/aromatic N) is 1. The standard InChI is InChI=1S/C13H18INO/c14-12-6-2-1-5-11(12)13-7-3-8-15(13)9-4-10-16/h1-2,5-6,13,16H,3-4,7-10H2/t13-/m0/s1. The van der Waals surface area contributed by atoms with Crippen molar-refractivity contribution in [2.24, 2.45) is 0 Å². The topological polar surface area (TPSA) is 23.5 Å². The maximum Gasteiger partial charge on any atom is 0.0443 e. The van der Waals surface area contributed by atoms with Gasteiger partial charge in [-0.2, -0.15) is 0 Å². The number of benzene rings is 1. The first-order valence-electron chi connectivity index (χ1n) is 5.92. The van der Waals surface area contributed by atoms with Gasteiger partial charge in [0.25, 0.3) is 0 Å². The van der Waals surface area contributed by atoms with Crippen molar-refractivity contribution in [1.29, 1.82) is 0 Å². The highest BCUT2D eigenvalue weighted by molar-refractivity contribution is 14.1. The fourth-order valence-electron chi connectivity index (χ4n) is 2.47. The third-order valence-electron chi connectivity index (χ3n) is 3.23. The lowest BCUT2D eigenvalue weighted by Gasteiger charge is -2.25. The van der Waals surface area contributed by atoms with Crippen LogP contribution in [0.1, 0.15) is 30.9 Å². The van der Waals surface area contributed by atoms with E-state index in [-0.39, 0.29) is 0 Å². The molecule has 0 unspecified atom stereocenters. The van der Waals surface area contributed by atoms with E-state index in [1.165, 1.54) is 28.5 Å². The van der Waals surface area contributed by atoms with Gasteiger partial charge in [-0.15, -0.1) is 0 Å². The molecular weight excluding hydrogens is 313 g/mol. The fraction of sp³-hybridized carbons (Fsp3) is 0.538. The van der Waals surface area contributed by atoms with Crippen LogP contribution in [-0.2, 0) is 0 Å². The molecule has 1 aliphatic rings. The third kappa shape index (κ3) is 2.76. The predicted octanol–water partition coefficient (Wildman–Crippen LogP) is 2.81. The molecule has 88 valence electrons. The number of halogens is 1. The van der Waals surface area contributed by atoms with Gasteiger partial charge in [0.1, 0.15) is 0 Å². The first-order chi connectivity index (χ1) is 7.83. The van der Waals surface area contributed by atoms with Crippen LogP contribution in [0.3, 0.4) is 0 Å². The van der Waals surface area contributed by atoms with Crippen molar-refractivity contribution in [2.75, 3.05) is 19.7 Å². The Kier molecular flexibility index (Phi) is 4.61. The van der Waals surface area contributed by atoms with E-state index in [0.29, 0.717) is 12.6 Å². The van der Waals surface area contributed by atoms with E-state index in [9.17, 15) is 0 Å². The predicted molar refractivity (Wildman–Crippen MR) is 74.4 cm³/mol. The van der Waals surface area contributed by atoms with Gasteiger partial charge in [0.05, 0.1) is 0 Å². The Morgan fingerprint density at radius 1 is 1.38 bits per heavy atom. The molecule has 0 aliphatic carbocycles. The van der Waals surface area contributed by atoms with Crippen molar-refractivity contribution in [1.82, 2.24) is 4.90 Å². The molecular formula is C13H18INO. The summed E-state index contributed by atoms with van der Waals surface area (Å²) in [6, 6.07) is 9.21. The number of hydrogen-bond donors (Lipinski definition) is 1. The van der Waals surface area contributed by atoms with Crippen molar-refractivity contribution in [3.63, 3.8) is 0 Å². The van der Waals surface area contributed by atoms with Gasteiger partial charge in [-0.1, -0.05) is 18.2 Å². The van der Waals surface area contributed by atoms with Crippen LogP contribution in [-0.4, -0.2) is 29.7 Å². The summed E-state index contributed by atoms with van der Waals surface area (Å²) in [6.07, 6.45) is 3.42. The molecule has 1 aliphatic heterocycles. The molecule has 1 heterocycles. The normalized spacial score (nSPS) is 21.5. The maximum absolute atomic E-state index is 8.91. The van der Waals surface area contributed by atoms with E-state index >= 15 is 0 Å². The average Bonchev–Trinajstić information content (AvgIpc) is 2.75. The molecule has 1 aromatic carbocycles. The van der Waals surface area contributed by atoms with Gasteiger partial charge in [-0.05, 0) is 60.0 Å². The molecule has 1 atom stereocenters. The molecule has 0 aromatic heterocycles. The van der Waals surface area contributed by atoms with Crippen LogP contribution in [0.4, 0.5) is 0 Å². The van der Waals surface area contributed by atoms with Crippen molar-refractivity contribution in [3.05, 3.63) is 33.4 Å². The van der Waals surface area contributed by atoms with Crippen LogP contribution in [0.2, 0.25) is 0 Å². The molecule has 1 fully saturated rings. The summed E-state index contributed by atoms with van der Waals surface area (Å²) in [4.78, 5) is 2.51. The molecule has 0 saturated carbocycles. The lowest BCUT2D eigenvalue weighted by molar-refractivity contribution is 0.213. The molecule has 16 heavy (non-hydrogen) atoms. The molecule has 0 radical (unpaired) electrons. The van der Waals surface area contributed by atoms with Crippen LogP contribution in [0.5, 0.6) is 0 Å². The zero-order chi connectivity index (χ0) is 11.4. The number of likely N-dealkylation sites (tertiary alicyclic amines) is 1. The first kappa shape index (κ1) is 12.3. The first-order valence-corrected chi connectivity index (χ1v) is 7.00. The molecule has 0 amide bonds. The highest BCUT2D eigenvalue weighted by Crippen LogP contribution is 2.34. The van der Waals surface area contributed by atoms with Gasteiger partial charge in [0.2, 0.25) is 0 Å². The summed E-state index contributed by atoms with van der Waals surface area (Å²) < 4.78 is 1.36. The van der Waals surface area contributed by atoms with E-state index in [1.54, 1.807) is 0 Å². The Labute approximate surface area is 111 Å². The fourth-order valence-corrected chi connectivity index (χ4v) is 3.21. The summed E-state index contributed by atoms with van der Waals surface area (Å²) in [5.41, 5.74) is 1.46. The van der Waals surface area contributed by atoms with Crippen LogP contribution < -0.4 is 0 Å². The van der Waals surface area contributed by atoms with Crippen molar-refractivity contribution in [3.8, 4) is 0 Å². The second-order valence-corrected chi connectivity index (χ2v) is 5.45. The summed E-state index contributed by atoms with van der Waals surface area (Å²) in [5.74, 6) is 0. The second kappa shape index (κ2) is 5.98. The van der Waals surface area contributed by atoms with E-state index < -0.39 is 0 Å². The largest absolute Gasteiger partial charge is 0.396 e. The van der Waals surface area contributed by atoms with Crippen molar-refractivity contribution in [2.45, 2.75) is 25.3 Å². The minimum absolute atomic E-state index is 0.301. The Morgan fingerprint density at radius 2 is 2.19 bits per heavy atom. The lowest BCUT2D eigenvalue weighted by atomic mass is 10.0. The smallest absolute Gasteiger partial charge is 0.0443 e. The van der Waals surface area contributed by atoms with Gasteiger partial charge < -0.3 is 5.11 Å². The maximum atomic E-state index is 8.91. The quantitative estimate of drug-likeness (QED) is 0.858. The highest BCUT2D eigenvalue weighted by Gasteiger charge is 2.26. The van der Waals surface area contributed by atoms with Crippen LogP contribution in [0, 0.1) is 3.57 Å². The Bertz CT molecular complexity index is 342. The molecule has 2 rings (SSSR count). The van der Waals surface area contributed by atoms with Crippen LogP contribution in [0.25, 0.3) is 0 Å². The molecule has 1 aromatic rings. The van der Waals surface area contributed by atoms with Crippen LogP contribution >= 0.6 is 22.6 Å². The minimum Gasteiger partial charge on any atom is -0.396 e. The van der Waals surface area contributed by atoms with Gasteiger partial charge >= 0.3 is 0 Å². The van der Waals surface area contributed by atoms with E-state index in [2.05, 4.69) is 51.8 Å².